The molecule has 12 heteroatoms. The van der Waals surface area contributed by atoms with Gasteiger partial charge >= 0.3 is 6.09 Å². The van der Waals surface area contributed by atoms with Gasteiger partial charge in [0.05, 0.1) is 5.52 Å². The molecule has 1 unspecified atom stereocenters. The fourth-order valence-corrected chi connectivity index (χ4v) is 9.23. The van der Waals surface area contributed by atoms with Crippen LogP contribution >= 0.6 is 11.6 Å². The molecule has 1 aromatic heterocycles. The number of alkyl carbamates (subject to hydrolysis) is 1. The third kappa shape index (κ3) is 12.0. The second-order valence-corrected chi connectivity index (χ2v) is 18.2. The van der Waals surface area contributed by atoms with Crippen LogP contribution in [-0.4, -0.2) is 76.1 Å². The number of rotatable bonds is 15. The molecule has 0 aliphatic heterocycles. The van der Waals surface area contributed by atoms with Gasteiger partial charge in [0.1, 0.15) is 16.5 Å². The average molecular weight is 840 g/mol. The van der Waals surface area contributed by atoms with Gasteiger partial charge in [-0.1, -0.05) is 55.8 Å². The van der Waals surface area contributed by atoms with Crippen molar-refractivity contribution in [3.05, 3.63) is 82.5 Å². The number of hydrogen-bond donors (Lipinski definition) is 4. The van der Waals surface area contributed by atoms with Crippen molar-refractivity contribution in [3.63, 3.8) is 0 Å². The molecule has 2 saturated carbocycles. The summed E-state index contributed by atoms with van der Waals surface area (Å²) in [7, 11) is 0. The minimum absolute atomic E-state index is 0.0264. The molecule has 2 fully saturated rings. The van der Waals surface area contributed by atoms with Crippen LogP contribution in [0.15, 0.2) is 60.7 Å². The van der Waals surface area contributed by atoms with Gasteiger partial charge in [-0.15, -0.1) is 0 Å². The lowest BCUT2D eigenvalue weighted by molar-refractivity contribution is -0.129. The molecular weight excluding hydrogens is 776 g/mol. The van der Waals surface area contributed by atoms with Crippen LogP contribution in [0.25, 0.3) is 22.0 Å². The Balaban J connectivity index is 1.08. The molecule has 2 aliphatic carbocycles. The number of fused-ring (bicyclic) bond motifs is 1. The molecular formula is C48H63ClN6O5. The van der Waals surface area contributed by atoms with E-state index in [9.17, 15) is 19.2 Å². The molecule has 0 bridgehead atoms. The Morgan fingerprint density at radius 3 is 2.25 bits per heavy atom. The zero-order valence-electron chi connectivity index (χ0n) is 36.2. The second kappa shape index (κ2) is 20.2. The molecule has 11 nitrogen and oxygen atoms in total. The highest BCUT2D eigenvalue weighted by atomic mass is 35.5. The maximum atomic E-state index is 14.0. The molecule has 0 saturated heterocycles. The van der Waals surface area contributed by atoms with Crippen LogP contribution in [0.3, 0.4) is 0 Å². The zero-order valence-corrected chi connectivity index (χ0v) is 36.9. The van der Waals surface area contributed by atoms with Crippen molar-refractivity contribution in [2.75, 3.05) is 25.0 Å². The van der Waals surface area contributed by atoms with E-state index >= 15 is 0 Å². The monoisotopic (exact) mass is 838 g/mol. The first-order valence-electron chi connectivity index (χ1n) is 21.9. The Hall–Kier alpha value is -4.74. The van der Waals surface area contributed by atoms with E-state index in [1.54, 1.807) is 12.1 Å². The lowest BCUT2D eigenvalue weighted by Crippen LogP contribution is -2.43. The summed E-state index contributed by atoms with van der Waals surface area (Å²) in [5, 5.41) is 17.4. The average Bonchev–Trinajstić information content (AvgIpc) is 3.59. The first-order valence-corrected chi connectivity index (χ1v) is 22.3. The number of ether oxygens (including phenoxy) is 1. The Bertz CT molecular complexity index is 2110. The van der Waals surface area contributed by atoms with Gasteiger partial charge in [0, 0.05) is 53.5 Å². The number of ketones is 1. The summed E-state index contributed by atoms with van der Waals surface area (Å²) in [4.78, 5) is 55.8. The number of hydrogen-bond acceptors (Lipinski definition) is 7. The van der Waals surface area contributed by atoms with E-state index < -0.39 is 17.6 Å². The van der Waals surface area contributed by atoms with E-state index in [-0.39, 0.29) is 41.9 Å². The van der Waals surface area contributed by atoms with Gasteiger partial charge in [-0.05, 0) is 157 Å². The van der Waals surface area contributed by atoms with Gasteiger partial charge in [-0.3, -0.25) is 19.5 Å². The smallest absolute Gasteiger partial charge is 0.407 e. The minimum Gasteiger partial charge on any atom is -0.444 e. The zero-order chi connectivity index (χ0) is 43.0. The number of halogens is 1. The maximum absolute atomic E-state index is 14.0. The number of nitrogens with zero attached hydrogens (tertiary/aromatic N) is 2. The molecule has 1 atom stereocenters. The van der Waals surface area contributed by atoms with Gasteiger partial charge in [-0.25, -0.2) is 4.79 Å². The Morgan fingerprint density at radius 2 is 1.60 bits per heavy atom. The van der Waals surface area contributed by atoms with Crippen molar-refractivity contribution in [1.29, 1.82) is 0 Å². The summed E-state index contributed by atoms with van der Waals surface area (Å²) < 4.78 is 5.38. The highest BCUT2D eigenvalue weighted by molar-refractivity contribution is 6.34. The van der Waals surface area contributed by atoms with Gasteiger partial charge in [0.25, 0.3) is 5.91 Å². The topological polar surface area (TPSA) is 146 Å². The first kappa shape index (κ1) is 44.8. The van der Waals surface area contributed by atoms with Crippen molar-refractivity contribution >= 4 is 51.9 Å². The largest absolute Gasteiger partial charge is 0.444 e. The molecule has 3 amide bonds. The van der Waals surface area contributed by atoms with E-state index in [1.807, 2.05) is 76.2 Å². The van der Waals surface area contributed by atoms with Crippen molar-refractivity contribution in [3.8, 4) is 11.1 Å². The number of carbonyl (C=O) groups excluding carboxylic acids is 4. The van der Waals surface area contributed by atoms with Crippen molar-refractivity contribution < 1.29 is 23.9 Å². The van der Waals surface area contributed by atoms with Crippen LogP contribution in [0.2, 0.25) is 5.15 Å². The van der Waals surface area contributed by atoms with E-state index in [0.29, 0.717) is 40.9 Å². The number of nitrogens with one attached hydrogen (secondary N) is 4. The third-order valence-corrected chi connectivity index (χ3v) is 12.7. The van der Waals surface area contributed by atoms with Gasteiger partial charge < -0.3 is 25.6 Å². The summed E-state index contributed by atoms with van der Waals surface area (Å²) in [6.07, 6.45) is 7.38. The number of aromatic nitrogens is 2. The van der Waals surface area contributed by atoms with E-state index in [2.05, 4.69) is 44.9 Å². The highest BCUT2D eigenvalue weighted by Gasteiger charge is 2.31. The van der Waals surface area contributed by atoms with Crippen LogP contribution in [-0.2, 0) is 20.7 Å². The normalized spacial score (nSPS) is 20.1. The van der Waals surface area contributed by atoms with Crippen LogP contribution < -0.4 is 16.0 Å². The number of amides is 3. The van der Waals surface area contributed by atoms with Crippen molar-refractivity contribution in [2.24, 2.45) is 17.8 Å². The SMILES string of the molecule is CCN(CC)C1CCC(NC(=O)c2ccc(-c3ccc(CC(CC(=O)C4CCC(CNC(=O)OC(C)(C)C)CC4)C(=O)Nc4ccc5c(Cl)[nH]nc5c4)cc3)c(C)c2)CC1. The summed E-state index contributed by atoms with van der Waals surface area (Å²) in [6.45, 7) is 14.6. The van der Waals surface area contributed by atoms with Gasteiger partial charge in [0.15, 0.2) is 0 Å². The molecule has 1 heterocycles. The van der Waals surface area contributed by atoms with Crippen molar-refractivity contribution in [1.82, 2.24) is 25.7 Å². The molecule has 6 rings (SSSR count). The van der Waals surface area contributed by atoms with Crippen LogP contribution in [0.1, 0.15) is 114 Å². The second-order valence-electron chi connectivity index (χ2n) is 17.9. The Morgan fingerprint density at radius 1 is 0.900 bits per heavy atom. The molecule has 322 valence electrons. The number of aromatic amines is 1. The predicted molar refractivity (Wildman–Crippen MR) is 239 cm³/mol. The predicted octanol–water partition coefficient (Wildman–Crippen LogP) is 9.66. The Labute approximate surface area is 360 Å². The molecule has 60 heavy (non-hydrogen) atoms. The molecule has 0 spiro atoms. The van der Waals surface area contributed by atoms with Crippen LogP contribution in [0.5, 0.6) is 0 Å². The van der Waals surface area contributed by atoms with E-state index in [0.717, 1.165) is 92.1 Å². The van der Waals surface area contributed by atoms with E-state index in [1.165, 1.54) is 0 Å². The van der Waals surface area contributed by atoms with Gasteiger partial charge in [-0.2, -0.15) is 5.10 Å². The van der Waals surface area contributed by atoms with Crippen LogP contribution in [0, 0.1) is 24.7 Å². The Kier molecular flexibility index (Phi) is 15.1. The third-order valence-electron chi connectivity index (χ3n) is 12.4. The number of H-pyrrole nitrogens is 1. The summed E-state index contributed by atoms with van der Waals surface area (Å²) in [6, 6.07) is 20.2. The quantitative estimate of drug-likeness (QED) is 0.0933. The van der Waals surface area contributed by atoms with Gasteiger partial charge in [0.2, 0.25) is 5.91 Å². The summed E-state index contributed by atoms with van der Waals surface area (Å²) >= 11 is 6.21. The first-order chi connectivity index (χ1) is 28.7. The van der Waals surface area contributed by atoms with Crippen LogP contribution in [0.4, 0.5) is 10.5 Å². The minimum atomic E-state index is -0.597. The van der Waals surface area contributed by atoms with E-state index in [4.69, 9.17) is 16.3 Å². The number of carbonyl (C=O) groups is 4. The number of Topliss-reactive ketones (excluding diaryl/α,β-unsaturated/α-hetero) is 1. The molecule has 4 aromatic rings. The summed E-state index contributed by atoms with van der Waals surface area (Å²) in [5.74, 6) is -0.628. The standard InChI is InChI=1S/C48H63ClN6O5/c1-7-55(8-2)39-21-18-37(19-22-39)51-45(57)35-17-23-40(30(3)25-35)33-13-9-31(10-14-33)26-36(46(58)52-38-20-24-41-42(28-38)53-54-44(41)49)27-43(56)34-15-11-32(12-16-34)29-50-47(59)60-48(4,5)6/h9-10,13-14,17,20,23-25,28,32,34,36-37,39H,7-8,11-12,15-16,18-19,21-22,26-27,29H2,1-6H3,(H,50,59)(H,51,57)(H,52,58)(H,53,54). The fourth-order valence-electron chi connectivity index (χ4n) is 9.03. The van der Waals surface area contributed by atoms with Crippen molar-refractivity contribution in [2.45, 2.75) is 123 Å². The molecule has 4 N–H and O–H groups in total. The maximum Gasteiger partial charge on any atom is 0.407 e. The number of anilines is 1. The molecule has 2 aliphatic rings. The molecule has 3 aromatic carbocycles. The lowest BCUT2D eigenvalue weighted by atomic mass is 9.77. The lowest BCUT2D eigenvalue weighted by Gasteiger charge is -2.36. The summed E-state index contributed by atoms with van der Waals surface area (Å²) in [5.41, 5.74) is 5.32. The fraction of sp³-hybridized carbons (Fsp3) is 0.521. The number of benzene rings is 3. The highest BCUT2D eigenvalue weighted by Crippen LogP contribution is 2.33. The molecule has 0 radical (unpaired) electrons. The number of aryl methyl sites for hydroxylation is 1.